The largest absolute Gasteiger partial charge is 0.494 e. The van der Waals surface area contributed by atoms with E-state index in [2.05, 4.69) is 10.6 Å². The van der Waals surface area contributed by atoms with Crippen molar-refractivity contribution in [1.82, 2.24) is 15.5 Å². The van der Waals surface area contributed by atoms with Crippen LogP contribution in [-0.4, -0.2) is 95.2 Å². The molecule has 4 amide bonds. The van der Waals surface area contributed by atoms with Crippen LogP contribution in [0.2, 0.25) is 0 Å². The number of epoxide rings is 1. The minimum absolute atomic E-state index is 0.0448. The minimum atomic E-state index is -1.31. The van der Waals surface area contributed by atoms with Gasteiger partial charge >= 0.3 is 0 Å². The molecule has 2 aliphatic heterocycles. The summed E-state index contributed by atoms with van der Waals surface area (Å²) in [6.07, 6.45) is 3.34. The fourth-order valence-electron chi connectivity index (χ4n) is 5.21. The fourth-order valence-corrected chi connectivity index (χ4v) is 5.21. The molecule has 0 saturated carbocycles. The van der Waals surface area contributed by atoms with Crippen molar-refractivity contribution in [2.24, 2.45) is 5.92 Å². The van der Waals surface area contributed by atoms with Gasteiger partial charge in [-0.3, -0.25) is 28.9 Å². The first-order chi connectivity index (χ1) is 21.6. The smallest absolute Gasteiger partial charge is 0.261 e. The van der Waals surface area contributed by atoms with Crippen LogP contribution in [0, 0.1) is 5.92 Å². The first-order valence-corrected chi connectivity index (χ1v) is 15.3. The molecule has 2 heterocycles. The van der Waals surface area contributed by atoms with Gasteiger partial charge in [-0.2, -0.15) is 0 Å². The minimum Gasteiger partial charge on any atom is -0.494 e. The number of fused-ring (bicyclic) bond motifs is 1. The number of Topliss-reactive ketones (excluding diaryl/α,β-unsaturated/α-hetero) is 1. The van der Waals surface area contributed by atoms with Crippen molar-refractivity contribution in [3.63, 3.8) is 0 Å². The summed E-state index contributed by atoms with van der Waals surface area (Å²) in [7, 11) is 0. The number of rotatable bonds is 18. The van der Waals surface area contributed by atoms with Gasteiger partial charge in [0.05, 0.1) is 43.6 Å². The monoisotopic (exact) mass is 623 g/mol. The third-order valence-corrected chi connectivity index (χ3v) is 7.86. The van der Waals surface area contributed by atoms with Gasteiger partial charge in [0.2, 0.25) is 5.91 Å². The van der Waals surface area contributed by atoms with Crippen molar-refractivity contribution in [2.45, 2.75) is 63.6 Å². The number of hydrogen-bond donors (Lipinski definition) is 4. The predicted octanol–water partition coefficient (Wildman–Crippen LogP) is 1.87. The lowest BCUT2D eigenvalue weighted by atomic mass is 9.92. The van der Waals surface area contributed by atoms with E-state index < -0.39 is 48.5 Å². The molecule has 45 heavy (non-hydrogen) atoms. The summed E-state index contributed by atoms with van der Waals surface area (Å²) in [5, 5.41) is 24.5. The van der Waals surface area contributed by atoms with Crippen LogP contribution in [-0.2, 0) is 14.3 Å². The first-order valence-electron chi connectivity index (χ1n) is 15.3. The van der Waals surface area contributed by atoms with Crippen molar-refractivity contribution in [1.29, 1.82) is 0 Å². The molecular formula is C33H41N3O9. The van der Waals surface area contributed by atoms with Gasteiger partial charge in [0.25, 0.3) is 17.7 Å². The lowest BCUT2D eigenvalue weighted by molar-refractivity contribution is -0.133. The van der Waals surface area contributed by atoms with Crippen LogP contribution in [0.15, 0.2) is 48.5 Å². The first kappa shape index (κ1) is 33.8. The van der Waals surface area contributed by atoms with Crippen LogP contribution < -0.4 is 15.4 Å². The lowest BCUT2D eigenvalue weighted by Crippen LogP contribution is -2.55. The molecule has 2 unspecified atom stereocenters. The Labute approximate surface area is 262 Å². The van der Waals surface area contributed by atoms with Crippen LogP contribution in [0.3, 0.4) is 0 Å². The maximum atomic E-state index is 12.9. The van der Waals surface area contributed by atoms with E-state index in [0.717, 1.165) is 19.3 Å². The summed E-state index contributed by atoms with van der Waals surface area (Å²) < 4.78 is 11.0. The van der Waals surface area contributed by atoms with E-state index in [-0.39, 0.29) is 29.9 Å². The Hall–Kier alpha value is -4.13. The van der Waals surface area contributed by atoms with Gasteiger partial charge in [-0.05, 0) is 55.5 Å². The highest BCUT2D eigenvalue weighted by molar-refractivity contribution is 6.21. The van der Waals surface area contributed by atoms with E-state index in [1.807, 2.05) is 13.8 Å². The third kappa shape index (κ3) is 8.33. The number of nitrogens with one attached hydrogen (secondary N) is 2. The van der Waals surface area contributed by atoms with Gasteiger partial charge in [0.1, 0.15) is 11.8 Å². The highest BCUT2D eigenvalue weighted by Crippen LogP contribution is 2.30. The molecule has 1 fully saturated rings. The molecule has 1 saturated heterocycles. The van der Waals surface area contributed by atoms with E-state index in [4.69, 9.17) is 9.47 Å². The zero-order chi connectivity index (χ0) is 32.6. The number of hydrogen-bond acceptors (Lipinski definition) is 9. The molecular weight excluding hydrogens is 582 g/mol. The Morgan fingerprint density at radius 3 is 2.20 bits per heavy atom. The van der Waals surface area contributed by atoms with Gasteiger partial charge in [0.15, 0.2) is 11.4 Å². The molecule has 0 bridgehead atoms. The second-order valence-electron chi connectivity index (χ2n) is 11.8. The van der Waals surface area contributed by atoms with Crippen LogP contribution in [0.5, 0.6) is 5.75 Å². The second-order valence-corrected chi connectivity index (χ2v) is 11.8. The van der Waals surface area contributed by atoms with Gasteiger partial charge < -0.3 is 30.3 Å². The van der Waals surface area contributed by atoms with E-state index >= 15 is 0 Å². The van der Waals surface area contributed by atoms with Crippen molar-refractivity contribution < 1.29 is 43.7 Å². The lowest BCUT2D eigenvalue weighted by Gasteiger charge is -2.24. The Morgan fingerprint density at radius 2 is 1.60 bits per heavy atom. The third-order valence-electron chi connectivity index (χ3n) is 7.86. The molecule has 242 valence electrons. The number of amides is 4. The molecule has 2 aromatic rings. The number of aliphatic hydroxyl groups is 2. The summed E-state index contributed by atoms with van der Waals surface area (Å²) in [5.41, 5.74) is -0.192. The quantitative estimate of drug-likeness (QED) is 0.110. The van der Waals surface area contributed by atoms with Crippen molar-refractivity contribution in [2.75, 3.05) is 33.0 Å². The molecule has 2 aromatic carbocycles. The van der Waals surface area contributed by atoms with Crippen molar-refractivity contribution in [3.8, 4) is 5.75 Å². The normalized spacial score (nSPS) is 18.4. The van der Waals surface area contributed by atoms with E-state index in [1.165, 1.54) is 11.0 Å². The number of ether oxygens (including phenoxy) is 2. The topological polar surface area (TPSA) is 175 Å². The van der Waals surface area contributed by atoms with Gasteiger partial charge in [-0.15, -0.1) is 0 Å². The maximum Gasteiger partial charge on any atom is 0.261 e. The Balaban J connectivity index is 1.20. The zero-order valence-corrected chi connectivity index (χ0v) is 25.6. The van der Waals surface area contributed by atoms with Gasteiger partial charge in [-0.1, -0.05) is 44.9 Å². The van der Waals surface area contributed by atoms with E-state index in [9.17, 15) is 34.2 Å². The molecule has 2 aliphatic rings. The average molecular weight is 624 g/mol. The second kappa shape index (κ2) is 15.2. The van der Waals surface area contributed by atoms with E-state index in [0.29, 0.717) is 42.9 Å². The number of nitrogens with zero attached hydrogens (tertiary/aromatic N) is 1. The van der Waals surface area contributed by atoms with Crippen LogP contribution in [0.4, 0.5) is 0 Å². The molecule has 4 N–H and O–H groups in total. The number of unbranched alkanes of at least 4 members (excludes halogenated alkanes) is 3. The molecule has 3 atom stereocenters. The molecule has 4 rings (SSSR count). The summed E-state index contributed by atoms with van der Waals surface area (Å²) in [6, 6.07) is 11.0. The molecule has 0 spiro atoms. The number of imide groups is 1. The molecule has 12 heteroatoms. The maximum absolute atomic E-state index is 12.9. The molecule has 0 radical (unpaired) electrons. The number of carbonyl (C=O) groups excluding carboxylic acids is 5. The summed E-state index contributed by atoms with van der Waals surface area (Å²) in [5.74, 6) is -1.77. The Morgan fingerprint density at radius 1 is 0.933 bits per heavy atom. The Kier molecular flexibility index (Phi) is 11.4. The Bertz CT molecular complexity index is 1370. The van der Waals surface area contributed by atoms with Crippen molar-refractivity contribution in [3.05, 3.63) is 65.2 Å². The number of aliphatic hydroxyl groups excluding tert-OH is 2. The zero-order valence-electron chi connectivity index (χ0n) is 25.6. The summed E-state index contributed by atoms with van der Waals surface area (Å²) in [6.45, 7) is 3.41. The van der Waals surface area contributed by atoms with Crippen LogP contribution in [0.1, 0.15) is 77.0 Å². The number of carbonyl (C=O) groups is 5. The van der Waals surface area contributed by atoms with Crippen LogP contribution >= 0.6 is 0 Å². The summed E-state index contributed by atoms with van der Waals surface area (Å²) >= 11 is 0. The van der Waals surface area contributed by atoms with E-state index in [1.54, 1.807) is 42.5 Å². The van der Waals surface area contributed by atoms with Crippen LogP contribution in [0.25, 0.3) is 0 Å². The average Bonchev–Trinajstić information content (AvgIpc) is 3.80. The highest BCUT2D eigenvalue weighted by atomic mass is 16.6. The highest BCUT2D eigenvalue weighted by Gasteiger charge is 2.54. The predicted molar refractivity (Wildman–Crippen MR) is 163 cm³/mol. The van der Waals surface area contributed by atoms with Gasteiger partial charge in [-0.25, -0.2) is 0 Å². The summed E-state index contributed by atoms with van der Waals surface area (Å²) in [4.78, 5) is 65.0. The number of benzene rings is 2. The molecule has 0 aromatic heterocycles. The molecule has 0 aliphatic carbocycles. The SMILES string of the molecule is CC(C)CC(NC(=O)[C@H](CO)NC(=O)c1cccc(OCCCCCCN2C(=O)c3ccccc3C2=O)c1)C(=O)C1(CO)CO1. The van der Waals surface area contributed by atoms with Crippen molar-refractivity contribution >= 4 is 29.4 Å². The molecule has 12 nitrogen and oxygen atoms in total. The standard InChI is InChI=1S/C33H41N3O9/c1-21(2)16-26(28(39)33(19-38)20-45-33)34-30(41)27(18-37)35-29(40)22-10-9-11-23(17-22)44-15-8-4-3-7-14-36-31(42)24-12-5-6-13-25(24)32(36)43/h5-6,9-13,17,21,26-27,37-38H,3-4,7-8,14-16,18-20H2,1-2H3,(H,34,41)(H,35,40)/t26?,27-,33?/m0/s1. The van der Waals surface area contributed by atoms with Gasteiger partial charge in [0, 0.05) is 12.1 Å². The number of ketones is 1. The fraction of sp³-hybridized carbons (Fsp3) is 0.485.